The zero-order chi connectivity index (χ0) is 12.5. The second-order valence-electron chi connectivity index (χ2n) is 5.77. The molecule has 0 aliphatic heterocycles. The number of alkyl halides is 1. The van der Waals surface area contributed by atoms with Gasteiger partial charge in [-0.1, -0.05) is 20.8 Å². The minimum absolute atomic E-state index is 0.0320. The maximum atomic E-state index is 6.10. The largest absolute Gasteiger partial charge is 0.358 e. The molecule has 0 bridgehead atoms. The van der Waals surface area contributed by atoms with Crippen molar-refractivity contribution in [3.05, 3.63) is 5.82 Å². The van der Waals surface area contributed by atoms with Crippen LogP contribution in [0, 0.1) is 0 Å². The van der Waals surface area contributed by atoms with Gasteiger partial charge in [-0.2, -0.15) is 4.37 Å². The molecule has 0 radical (unpaired) electrons. The average Bonchev–Trinajstić information content (AvgIpc) is 2.69. The van der Waals surface area contributed by atoms with Crippen molar-refractivity contribution in [1.29, 1.82) is 0 Å². The Hall–Kier alpha value is -0.350. The van der Waals surface area contributed by atoms with Gasteiger partial charge in [-0.05, 0) is 25.7 Å². The van der Waals surface area contributed by atoms with Crippen LogP contribution in [0.1, 0.15) is 52.3 Å². The van der Waals surface area contributed by atoms with E-state index in [9.17, 15) is 0 Å². The second-order valence-corrected chi connectivity index (χ2v) is 7.14. The zero-order valence-electron chi connectivity index (χ0n) is 10.7. The molecule has 1 aromatic rings. The topological polar surface area (TPSA) is 37.8 Å². The summed E-state index contributed by atoms with van der Waals surface area (Å²) in [4.78, 5) is 4.56. The fourth-order valence-corrected chi connectivity index (χ4v) is 3.04. The Morgan fingerprint density at radius 3 is 2.41 bits per heavy atom. The van der Waals surface area contributed by atoms with Gasteiger partial charge >= 0.3 is 0 Å². The minimum Gasteiger partial charge on any atom is -0.358 e. The van der Waals surface area contributed by atoms with Gasteiger partial charge in [0, 0.05) is 28.4 Å². The number of rotatable bonds is 2. The molecule has 3 nitrogen and oxygen atoms in total. The van der Waals surface area contributed by atoms with Crippen molar-refractivity contribution >= 4 is 28.3 Å². The molecule has 96 valence electrons. The third-order valence-corrected chi connectivity index (χ3v) is 4.16. The van der Waals surface area contributed by atoms with Gasteiger partial charge in [0.2, 0.25) is 5.13 Å². The van der Waals surface area contributed by atoms with Crippen LogP contribution in [0.2, 0.25) is 0 Å². The Morgan fingerprint density at radius 2 is 1.88 bits per heavy atom. The summed E-state index contributed by atoms with van der Waals surface area (Å²) in [5.74, 6) is 0.927. The lowest BCUT2D eigenvalue weighted by Gasteiger charge is -2.25. The smallest absolute Gasteiger partial charge is 0.202 e. The summed E-state index contributed by atoms with van der Waals surface area (Å²) in [6, 6.07) is 0.519. The van der Waals surface area contributed by atoms with Crippen molar-refractivity contribution in [2.75, 3.05) is 5.32 Å². The molecule has 0 unspecified atom stereocenters. The number of hydrogen-bond donors (Lipinski definition) is 1. The van der Waals surface area contributed by atoms with Crippen molar-refractivity contribution in [1.82, 2.24) is 9.36 Å². The summed E-state index contributed by atoms with van der Waals surface area (Å²) >= 11 is 7.56. The molecule has 0 amide bonds. The summed E-state index contributed by atoms with van der Waals surface area (Å²) in [5.41, 5.74) is 0.0320. The fourth-order valence-electron chi connectivity index (χ4n) is 1.96. The predicted molar refractivity (Wildman–Crippen MR) is 74.1 cm³/mol. The number of halogens is 1. The van der Waals surface area contributed by atoms with Crippen LogP contribution < -0.4 is 5.32 Å². The Kier molecular flexibility index (Phi) is 3.93. The van der Waals surface area contributed by atoms with E-state index >= 15 is 0 Å². The minimum atomic E-state index is 0.0320. The fraction of sp³-hybridized carbons (Fsp3) is 0.833. The molecule has 1 aliphatic rings. The lowest BCUT2D eigenvalue weighted by Crippen LogP contribution is -2.26. The van der Waals surface area contributed by atoms with Crippen LogP contribution in [0.3, 0.4) is 0 Å². The quantitative estimate of drug-likeness (QED) is 0.833. The standard InChI is InChI=1S/C12H20ClN3S/c1-12(2,3)10-15-11(17-16-10)14-9-6-4-8(13)5-7-9/h8-9H,4-7H2,1-3H3,(H,14,15,16). The second kappa shape index (κ2) is 5.11. The molecule has 1 saturated carbocycles. The van der Waals surface area contributed by atoms with Crippen molar-refractivity contribution in [3.63, 3.8) is 0 Å². The highest BCUT2D eigenvalue weighted by atomic mass is 35.5. The third kappa shape index (κ3) is 3.55. The van der Waals surface area contributed by atoms with Crippen molar-refractivity contribution in [2.45, 2.75) is 63.3 Å². The van der Waals surface area contributed by atoms with Gasteiger partial charge in [-0.25, -0.2) is 4.98 Å². The van der Waals surface area contributed by atoms with Gasteiger partial charge in [0.25, 0.3) is 0 Å². The third-order valence-electron chi connectivity index (χ3n) is 3.08. The molecule has 1 N–H and O–H groups in total. The highest BCUT2D eigenvalue weighted by molar-refractivity contribution is 7.09. The van der Waals surface area contributed by atoms with E-state index in [-0.39, 0.29) is 5.41 Å². The van der Waals surface area contributed by atoms with E-state index in [0.717, 1.165) is 36.6 Å². The number of aromatic nitrogens is 2. The Bertz CT molecular complexity index is 364. The molecule has 0 saturated heterocycles. The first-order valence-electron chi connectivity index (χ1n) is 6.20. The van der Waals surface area contributed by atoms with Crippen molar-refractivity contribution < 1.29 is 0 Å². The van der Waals surface area contributed by atoms with E-state index in [1.807, 2.05) is 0 Å². The Labute approximate surface area is 112 Å². The summed E-state index contributed by atoms with van der Waals surface area (Å²) in [5, 5.41) is 4.80. The van der Waals surface area contributed by atoms with E-state index in [4.69, 9.17) is 11.6 Å². The van der Waals surface area contributed by atoms with Gasteiger partial charge in [0.05, 0.1) is 0 Å². The van der Waals surface area contributed by atoms with E-state index in [0.29, 0.717) is 11.4 Å². The predicted octanol–water partition coefficient (Wildman–Crippen LogP) is 3.80. The summed E-state index contributed by atoms with van der Waals surface area (Å²) < 4.78 is 4.41. The maximum Gasteiger partial charge on any atom is 0.202 e. The first-order valence-corrected chi connectivity index (χ1v) is 7.41. The summed E-state index contributed by atoms with van der Waals surface area (Å²) in [7, 11) is 0. The van der Waals surface area contributed by atoms with E-state index in [1.54, 1.807) is 0 Å². The molecule has 0 atom stereocenters. The van der Waals surface area contributed by atoms with Gasteiger partial charge in [0.15, 0.2) is 0 Å². The van der Waals surface area contributed by atoms with Crippen molar-refractivity contribution in [3.8, 4) is 0 Å². The first-order chi connectivity index (χ1) is 7.95. The molecule has 0 spiro atoms. The van der Waals surface area contributed by atoms with Gasteiger partial charge in [-0.3, -0.25) is 0 Å². The number of nitrogens with zero attached hydrogens (tertiary/aromatic N) is 2. The van der Waals surface area contributed by atoms with Crippen LogP contribution in [-0.4, -0.2) is 20.8 Å². The molecule has 1 aliphatic carbocycles. The SMILES string of the molecule is CC(C)(C)c1nsc(NC2CCC(Cl)CC2)n1. The first kappa shape index (κ1) is 13.1. The van der Waals surface area contributed by atoms with E-state index < -0.39 is 0 Å². The van der Waals surface area contributed by atoms with E-state index in [1.165, 1.54) is 11.5 Å². The lowest BCUT2D eigenvalue weighted by molar-refractivity contribution is 0.468. The monoisotopic (exact) mass is 273 g/mol. The molecule has 1 aromatic heterocycles. The normalized spacial score (nSPS) is 25.9. The van der Waals surface area contributed by atoms with Crippen LogP contribution in [0.15, 0.2) is 0 Å². The average molecular weight is 274 g/mol. The highest BCUT2D eigenvalue weighted by Crippen LogP contribution is 2.27. The molecule has 1 heterocycles. The highest BCUT2D eigenvalue weighted by Gasteiger charge is 2.22. The van der Waals surface area contributed by atoms with Crippen LogP contribution in [0.25, 0.3) is 0 Å². The molecule has 17 heavy (non-hydrogen) atoms. The van der Waals surface area contributed by atoms with Crippen LogP contribution in [0.5, 0.6) is 0 Å². The molecular weight excluding hydrogens is 254 g/mol. The van der Waals surface area contributed by atoms with E-state index in [2.05, 4.69) is 35.4 Å². The summed E-state index contributed by atoms with van der Waals surface area (Å²) in [6.07, 6.45) is 4.48. The molecular formula is C12H20ClN3S. The van der Waals surface area contributed by atoms with Gasteiger partial charge in [-0.15, -0.1) is 11.6 Å². The Balaban J connectivity index is 1.93. The summed E-state index contributed by atoms with van der Waals surface area (Å²) in [6.45, 7) is 6.41. The molecule has 0 aromatic carbocycles. The van der Waals surface area contributed by atoms with Gasteiger partial charge < -0.3 is 5.32 Å². The van der Waals surface area contributed by atoms with Crippen LogP contribution in [0.4, 0.5) is 5.13 Å². The van der Waals surface area contributed by atoms with Gasteiger partial charge in [0.1, 0.15) is 5.82 Å². The van der Waals surface area contributed by atoms with Crippen molar-refractivity contribution in [2.24, 2.45) is 0 Å². The molecule has 1 fully saturated rings. The number of anilines is 1. The zero-order valence-corrected chi connectivity index (χ0v) is 12.2. The lowest BCUT2D eigenvalue weighted by atomic mass is 9.95. The molecule has 5 heteroatoms. The number of hydrogen-bond acceptors (Lipinski definition) is 4. The maximum absolute atomic E-state index is 6.10. The van der Waals surface area contributed by atoms with Crippen LogP contribution in [-0.2, 0) is 5.41 Å². The number of nitrogens with one attached hydrogen (secondary N) is 1. The Morgan fingerprint density at radius 1 is 1.24 bits per heavy atom. The molecule has 2 rings (SSSR count). The van der Waals surface area contributed by atoms with Crippen LogP contribution >= 0.6 is 23.1 Å².